The normalized spacial score (nSPS) is 16.6. The molecular formula is C21H21N7O2. The van der Waals surface area contributed by atoms with E-state index in [9.17, 15) is 4.79 Å². The zero-order valence-corrected chi connectivity index (χ0v) is 16.2. The highest BCUT2D eigenvalue weighted by Crippen LogP contribution is 2.32. The molecule has 1 fully saturated rings. The first-order valence-electron chi connectivity index (χ1n) is 9.88. The fraction of sp³-hybridized carbons (Fsp3) is 0.238. The molecule has 0 saturated carbocycles. The van der Waals surface area contributed by atoms with Crippen LogP contribution in [0.15, 0.2) is 53.5 Å². The summed E-state index contributed by atoms with van der Waals surface area (Å²) in [6.07, 6.45) is 8.36. The maximum atomic E-state index is 12.4. The second kappa shape index (κ2) is 7.60. The van der Waals surface area contributed by atoms with Crippen LogP contribution in [0, 0.1) is 0 Å². The monoisotopic (exact) mass is 403 g/mol. The molecule has 4 N–H and O–H groups in total. The third-order valence-corrected chi connectivity index (χ3v) is 5.33. The van der Waals surface area contributed by atoms with E-state index in [0.29, 0.717) is 17.2 Å². The van der Waals surface area contributed by atoms with Gasteiger partial charge in [0.05, 0.1) is 6.04 Å². The Labute approximate surface area is 172 Å². The molecule has 1 aliphatic heterocycles. The van der Waals surface area contributed by atoms with E-state index < -0.39 is 0 Å². The van der Waals surface area contributed by atoms with E-state index in [-0.39, 0.29) is 11.9 Å². The molecule has 0 bridgehead atoms. The molecule has 1 atom stereocenters. The molecule has 0 spiro atoms. The SMILES string of the molecule is Nc1nccn2c(C3CCCCN3)nc(-c3ccc(C(=O)Nc4ccon4)cc3)c12. The average molecular weight is 403 g/mol. The van der Waals surface area contributed by atoms with Crippen LogP contribution in [0.3, 0.4) is 0 Å². The van der Waals surface area contributed by atoms with Gasteiger partial charge >= 0.3 is 0 Å². The maximum Gasteiger partial charge on any atom is 0.256 e. The summed E-state index contributed by atoms with van der Waals surface area (Å²) < 4.78 is 6.75. The Balaban J connectivity index is 1.50. The van der Waals surface area contributed by atoms with Crippen molar-refractivity contribution in [2.45, 2.75) is 25.3 Å². The molecule has 1 unspecified atom stereocenters. The second-order valence-electron chi connectivity index (χ2n) is 7.27. The van der Waals surface area contributed by atoms with E-state index in [1.165, 1.54) is 12.7 Å². The number of nitrogens with two attached hydrogens (primary N) is 1. The summed E-state index contributed by atoms with van der Waals surface area (Å²) in [7, 11) is 0. The van der Waals surface area contributed by atoms with Crippen LogP contribution in [0.1, 0.15) is 41.5 Å². The van der Waals surface area contributed by atoms with Crippen molar-refractivity contribution < 1.29 is 9.32 Å². The first-order chi connectivity index (χ1) is 14.7. The number of carbonyl (C=O) groups excluding carboxylic acids is 1. The lowest BCUT2D eigenvalue weighted by Crippen LogP contribution is -2.28. The number of rotatable bonds is 4. The van der Waals surface area contributed by atoms with Gasteiger partial charge in [0.15, 0.2) is 5.82 Å². The highest BCUT2D eigenvalue weighted by Gasteiger charge is 2.23. The predicted molar refractivity (Wildman–Crippen MR) is 112 cm³/mol. The molecule has 0 aliphatic carbocycles. The molecule has 1 aliphatic rings. The largest absolute Gasteiger partial charge is 0.382 e. The number of hydrogen-bond donors (Lipinski definition) is 3. The number of anilines is 2. The number of hydrogen-bond acceptors (Lipinski definition) is 7. The van der Waals surface area contributed by atoms with E-state index in [2.05, 4.69) is 20.8 Å². The summed E-state index contributed by atoms with van der Waals surface area (Å²) >= 11 is 0. The van der Waals surface area contributed by atoms with Crippen molar-refractivity contribution in [2.24, 2.45) is 0 Å². The van der Waals surface area contributed by atoms with Crippen molar-refractivity contribution in [1.29, 1.82) is 0 Å². The van der Waals surface area contributed by atoms with Crippen molar-refractivity contribution in [1.82, 2.24) is 24.8 Å². The van der Waals surface area contributed by atoms with Gasteiger partial charge in [0.25, 0.3) is 5.91 Å². The van der Waals surface area contributed by atoms with Crippen LogP contribution in [0.5, 0.6) is 0 Å². The van der Waals surface area contributed by atoms with Crippen LogP contribution in [0.2, 0.25) is 0 Å². The summed E-state index contributed by atoms with van der Waals surface area (Å²) in [6.45, 7) is 0.977. The number of fused-ring (bicyclic) bond motifs is 1. The summed E-state index contributed by atoms with van der Waals surface area (Å²) in [5, 5.41) is 9.92. The van der Waals surface area contributed by atoms with Gasteiger partial charge in [-0.1, -0.05) is 23.7 Å². The van der Waals surface area contributed by atoms with E-state index in [1.807, 2.05) is 22.7 Å². The quantitative estimate of drug-likeness (QED) is 0.478. The third-order valence-electron chi connectivity index (χ3n) is 5.33. The number of nitrogens with one attached hydrogen (secondary N) is 2. The van der Waals surface area contributed by atoms with Gasteiger partial charge in [-0.2, -0.15) is 0 Å². The minimum atomic E-state index is -0.265. The molecule has 4 heterocycles. The molecule has 0 radical (unpaired) electrons. The zero-order valence-electron chi connectivity index (χ0n) is 16.2. The van der Waals surface area contributed by atoms with E-state index >= 15 is 0 Å². The maximum absolute atomic E-state index is 12.4. The molecule has 30 heavy (non-hydrogen) atoms. The predicted octanol–water partition coefficient (Wildman–Crippen LogP) is 3.03. The molecule has 1 amide bonds. The van der Waals surface area contributed by atoms with Gasteiger partial charge in [-0.3, -0.25) is 9.20 Å². The zero-order chi connectivity index (χ0) is 20.5. The van der Waals surface area contributed by atoms with E-state index in [0.717, 1.165) is 42.0 Å². The highest BCUT2D eigenvalue weighted by atomic mass is 16.5. The van der Waals surface area contributed by atoms with Crippen molar-refractivity contribution in [2.75, 3.05) is 17.6 Å². The van der Waals surface area contributed by atoms with Gasteiger partial charge in [0.2, 0.25) is 0 Å². The van der Waals surface area contributed by atoms with E-state index in [1.54, 1.807) is 24.4 Å². The van der Waals surface area contributed by atoms with Gasteiger partial charge in [-0.15, -0.1) is 0 Å². The second-order valence-corrected chi connectivity index (χ2v) is 7.27. The first kappa shape index (κ1) is 18.3. The van der Waals surface area contributed by atoms with Crippen LogP contribution in [-0.4, -0.2) is 32.0 Å². The Bertz CT molecular complexity index is 1180. The van der Waals surface area contributed by atoms with Crippen molar-refractivity contribution in [3.63, 3.8) is 0 Å². The number of nitrogen functional groups attached to an aromatic ring is 1. The fourth-order valence-corrected chi connectivity index (χ4v) is 3.85. The molecule has 5 rings (SSSR count). The molecule has 1 aromatic carbocycles. The summed E-state index contributed by atoms with van der Waals surface area (Å²) in [5.41, 5.74) is 9.13. The smallest absolute Gasteiger partial charge is 0.256 e. The summed E-state index contributed by atoms with van der Waals surface area (Å²) in [5.74, 6) is 1.46. The molecule has 1 saturated heterocycles. The number of benzene rings is 1. The first-order valence-corrected chi connectivity index (χ1v) is 9.88. The van der Waals surface area contributed by atoms with Gasteiger partial charge in [-0.05, 0) is 31.5 Å². The van der Waals surface area contributed by atoms with Crippen LogP contribution in [-0.2, 0) is 0 Å². The molecule has 9 heteroatoms. The van der Waals surface area contributed by atoms with Crippen LogP contribution >= 0.6 is 0 Å². The van der Waals surface area contributed by atoms with Crippen LogP contribution in [0.4, 0.5) is 11.6 Å². The Kier molecular flexibility index (Phi) is 4.64. The lowest BCUT2D eigenvalue weighted by Gasteiger charge is -2.22. The number of piperidine rings is 1. The third kappa shape index (κ3) is 3.29. The van der Waals surface area contributed by atoms with Crippen molar-refractivity contribution in [3.05, 3.63) is 60.4 Å². The molecule has 4 aromatic rings. The summed E-state index contributed by atoms with van der Waals surface area (Å²) in [4.78, 5) is 21.6. The number of amides is 1. The van der Waals surface area contributed by atoms with Crippen molar-refractivity contribution >= 4 is 23.1 Å². The van der Waals surface area contributed by atoms with Gasteiger partial charge in [0, 0.05) is 29.6 Å². The molecular weight excluding hydrogens is 382 g/mol. The Morgan fingerprint density at radius 3 is 2.83 bits per heavy atom. The van der Waals surface area contributed by atoms with Crippen LogP contribution in [0.25, 0.3) is 16.8 Å². The van der Waals surface area contributed by atoms with Gasteiger partial charge < -0.3 is 20.9 Å². The molecule has 152 valence electrons. The molecule has 9 nitrogen and oxygen atoms in total. The standard InChI is InChI=1S/C21H21N7O2/c22-19-18-17(26-20(28(18)11-10-24-19)15-3-1-2-9-23-15)13-4-6-14(7-5-13)21(29)25-16-8-12-30-27-16/h4-8,10-12,15,23H,1-3,9H2,(H2,22,24)(H,25,27,29). The number of carbonyl (C=O) groups is 1. The number of aromatic nitrogens is 4. The minimum Gasteiger partial charge on any atom is -0.382 e. The van der Waals surface area contributed by atoms with Crippen LogP contribution < -0.4 is 16.4 Å². The lowest BCUT2D eigenvalue weighted by atomic mass is 10.0. The highest BCUT2D eigenvalue weighted by molar-refractivity contribution is 6.04. The lowest BCUT2D eigenvalue weighted by molar-refractivity contribution is 0.102. The van der Waals surface area contributed by atoms with E-state index in [4.69, 9.17) is 15.2 Å². The number of nitrogens with zero attached hydrogens (tertiary/aromatic N) is 4. The van der Waals surface area contributed by atoms with Crippen molar-refractivity contribution in [3.8, 4) is 11.3 Å². The Hall–Kier alpha value is -3.72. The van der Waals surface area contributed by atoms with Gasteiger partial charge in [0.1, 0.15) is 29.1 Å². The fourth-order valence-electron chi connectivity index (χ4n) is 3.85. The number of imidazole rings is 1. The average Bonchev–Trinajstić information content (AvgIpc) is 3.43. The Morgan fingerprint density at radius 1 is 1.23 bits per heavy atom. The Morgan fingerprint density at radius 2 is 2.10 bits per heavy atom. The minimum absolute atomic E-state index is 0.175. The molecule has 3 aromatic heterocycles. The topological polar surface area (TPSA) is 123 Å². The van der Waals surface area contributed by atoms with Gasteiger partial charge in [-0.25, -0.2) is 9.97 Å². The summed E-state index contributed by atoms with van der Waals surface area (Å²) in [6, 6.07) is 8.99.